The molecule has 0 aliphatic rings. The van der Waals surface area contributed by atoms with E-state index >= 15 is 0 Å². The van der Waals surface area contributed by atoms with Crippen LogP contribution in [0.15, 0.2) is 24.3 Å². The fraction of sp³-hybridized carbons (Fsp3) is 0.550. The third-order valence-corrected chi connectivity index (χ3v) is 3.37. The summed E-state index contributed by atoms with van der Waals surface area (Å²) in [4.78, 5) is 11.8. The van der Waals surface area contributed by atoms with Gasteiger partial charge in [-0.25, -0.2) is 4.79 Å². The van der Waals surface area contributed by atoms with Gasteiger partial charge in [0.05, 0.1) is 59.5 Å². The zero-order valence-corrected chi connectivity index (χ0v) is 16.4. The smallest absolute Gasteiger partial charge is 0.319 e. The first-order chi connectivity index (χ1) is 13.8. The van der Waals surface area contributed by atoms with E-state index in [-0.39, 0.29) is 6.03 Å². The molecule has 2 amide bonds. The largest absolute Gasteiger partial charge is 0.382 e. The molecule has 2 N–H and O–H groups in total. The maximum atomic E-state index is 11.8. The van der Waals surface area contributed by atoms with Gasteiger partial charge in [-0.3, -0.25) is 0 Å². The quantitative estimate of drug-likeness (QED) is 0.326. The Balaban J connectivity index is 1.86. The Morgan fingerprint density at radius 2 is 1.50 bits per heavy atom. The number of hydrogen-bond donors (Lipinski definition) is 2. The second kappa shape index (κ2) is 17.0. The van der Waals surface area contributed by atoms with Gasteiger partial charge >= 0.3 is 6.03 Å². The number of hydrogen-bond acceptors (Lipinski definition) is 6. The highest BCUT2D eigenvalue weighted by Gasteiger charge is 2.01. The summed E-state index contributed by atoms with van der Waals surface area (Å²) in [6.07, 6.45) is 5.33. The van der Waals surface area contributed by atoms with Crippen LogP contribution in [-0.4, -0.2) is 79.1 Å². The molecule has 0 aliphatic carbocycles. The van der Waals surface area contributed by atoms with Gasteiger partial charge in [-0.1, -0.05) is 12.0 Å². The Labute approximate surface area is 166 Å². The molecular formula is C20H30N2O6. The van der Waals surface area contributed by atoms with Crippen molar-refractivity contribution in [2.45, 2.75) is 0 Å². The van der Waals surface area contributed by atoms with E-state index in [1.165, 1.54) is 0 Å². The fourth-order valence-corrected chi connectivity index (χ4v) is 2.00. The average Bonchev–Trinajstić information content (AvgIpc) is 2.71. The topological polar surface area (TPSA) is 87.3 Å². The maximum Gasteiger partial charge on any atom is 0.319 e. The molecule has 0 aromatic heterocycles. The molecule has 0 aliphatic heterocycles. The van der Waals surface area contributed by atoms with E-state index < -0.39 is 0 Å². The van der Waals surface area contributed by atoms with Gasteiger partial charge in [0.15, 0.2) is 0 Å². The van der Waals surface area contributed by atoms with Crippen LogP contribution in [0.3, 0.4) is 0 Å². The van der Waals surface area contributed by atoms with Gasteiger partial charge in [-0.05, 0) is 18.2 Å². The summed E-state index contributed by atoms with van der Waals surface area (Å²) >= 11 is 0. The van der Waals surface area contributed by atoms with Crippen molar-refractivity contribution in [3.05, 3.63) is 29.8 Å². The Kier molecular flexibility index (Phi) is 14.5. The van der Waals surface area contributed by atoms with E-state index in [0.717, 1.165) is 0 Å². The number of benzene rings is 1. The minimum Gasteiger partial charge on any atom is -0.382 e. The van der Waals surface area contributed by atoms with Gasteiger partial charge in [0.1, 0.15) is 0 Å². The number of nitrogens with one attached hydrogen (secondary N) is 2. The Morgan fingerprint density at radius 3 is 2.07 bits per heavy atom. The zero-order chi connectivity index (χ0) is 20.3. The van der Waals surface area contributed by atoms with Crippen molar-refractivity contribution in [3.8, 4) is 12.3 Å². The molecule has 0 unspecified atom stereocenters. The highest BCUT2D eigenvalue weighted by atomic mass is 16.6. The number of carbonyl (C=O) groups is 1. The normalized spacial score (nSPS) is 10.4. The van der Waals surface area contributed by atoms with E-state index in [9.17, 15) is 4.79 Å². The monoisotopic (exact) mass is 394 g/mol. The number of terminal acetylenes is 1. The molecule has 1 aromatic carbocycles. The summed E-state index contributed by atoms with van der Waals surface area (Å²) < 4.78 is 26.2. The summed E-state index contributed by atoms with van der Waals surface area (Å²) in [7, 11) is 1.64. The van der Waals surface area contributed by atoms with E-state index in [2.05, 4.69) is 16.6 Å². The summed E-state index contributed by atoms with van der Waals surface area (Å²) in [5.41, 5.74) is 1.35. The van der Waals surface area contributed by atoms with Gasteiger partial charge in [0, 0.05) is 24.9 Å². The molecule has 0 atom stereocenters. The zero-order valence-electron chi connectivity index (χ0n) is 16.4. The SMILES string of the molecule is C#Cc1cccc(NC(=O)NCCOCCOCCOCCOCCOC)c1. The maximum absolute atomic E-state index is 11.8. The number of rotatable bonds is 16. The molecule has 8 heteroatoms. The molecule has 0 saturated carbocycles. The molecule has 8 nitrogen and oxygen atoms in total. The lowest BCUT2D eigenvalue weighted by Crippen LogP contribution is -2.31. The van der Waals surface area contributed by atoms with Crippen molar-refractivity contribution in [2.75, 3.05) is 78.4 Å². The summed E-state index contributed by atoms with van der Waals surface area (Å²) in [6.45, 7) is 4.96. The van der Waals surface area contributed by atoms with Crippen LogP contribution in [0.2, 0.25) is 0 Å². The van der Waals surface area contributed by atoms with Crippen LogP contribution in [0.4, 0.5) is 10.5 Å². The van der Waals surface area contributed by atoms with Gasteiger partial charge in [0.25, 0.3) is 0 Å². The first-order valence-electron chi connectivity index (χ1n) is 9.17. The van der Waals surface area contributed by atoms with Crippen LogP contribution in [-0.2, 0) is 23.7 Å². The van der Waals surface area contributed by atoms with Gasteiger partial charge < -0.3 is 34.3 Å². The molecule has 28 heavy (non-hydrogen) atoms. The predicted octanol–water partition coefficient (Wildman–Crippen LogP) is 1.50. The predicted molar refractivity (Wildman–Crippen MR) is 107 cm³/mol. The van der Waals surface area contributed by atoms with Crippen molar-refractivity contribution < 1.29 is 28.5 Å². The molecule has 1 aromatic rings. The third-order valence-electron chi connectivity index (χ3n) is 3.37. The molecule has 1 rings (SSSR count). The number of urea groups is 1. The highest BCUT2D eigenvalue weighted by Crippen LogP contribution is 2.09. The number of amides is 2. The first kappa shape index (κ1) is 23.9. The van der Waals surface area contributed by atoms with Gasteiger partial charge in [-0.2, -0.15) is 0 Å². The molecule has 0 heterocycles. The van der Waals surface area contributed by atoms with Crippen LogP contribution < -0.4 is 10.6 Å². The van der Waals surface area contributed by atoms with Crippen LogP contribution in [0.1, 0.15) is 5.56 Å². The summed E-state index contributed by atoms with van der Waals surface area (Å²) in [5, 5.41) is 5.42. The molecule has 0 spiro atoms. The van der Waals surface area contributed by atoms with Gasteiger partial charge in [-0.15, -0.1) is 6.42 Å². The summed E-state index contributed by atoms with van der Waals surface area (Å²) in [6, 6.07) is 6.77. The van der Waals surface area contributed by atoms with E-state index in [1.807, 2.05) is 0 Å². The Morgan fingerprint density at radius 1 is 0.929 bits per heavy atom. The van der Waals surface area contributed by atoms with Crippen LogP contribution in [0.5, 0.6) is 0 Å². The van der Waals surface area contributed by atoms with Crippen LogP contribution in [0, 0.1) is 12.3 Å². The minimum absolute atomic E-state index is 0.308. The van der Waals surface area contributed by atoms with Crippen molar-refractivity contribution in [1.82, 2.24) is 5.32 Å². The average molecular weight is 394 g/mol. The van der Waals surface area contributed by atoms with E-state index in [0.29, 0.717) is 77.3 Å². The van der Waals surface area contributed by atoms with E-state index in [1.54, 1.807) is 31.4 Å². The lowest BCUT2D eigenvalue weighted by molar-refractivity contribution is -0.00737. The first-order valence-corrected chi connectivity index (χ1v) is 9.17. The van der Waals surface area contributed by atoms with E-state index in [4.69, 9.17) is 30.1 Å². The molecule has 0 bridgehead atoms. The number of carbonyl (C=O) groups excluding carboxylic acids is 1. The number of methoxy groups -OCH3 is 1. The second-order valence-electron chi connectivity index (χ2n) is 5.55. The molecule has 0 radical (unpaired) electrons. The van der Waals surface area contributed by atoms with Crippen molar-refractivity contribution >= 4 is 11.7 Å². The van der Waals surface area contributed by atoms with Gasteiger partial charge in [0.2, 0.25) is 0 Å². The molecular weight excluding hydrogens is 364 g/mol. The Bertz CT molecular complexity index is 576. The van der Waals surface area contributed by atoms with Crippen molar-refractivity contribution in [2.24, 2.45) is 0 Å². The lowest BCUT2D eigenvalue weighted by atomic mass is 10.2. The van der Waals surface area contributed by atoms with Crippen molar-refractivity contribution in [3.63, 3.8) is 0 Å². The molecule has 0 saturated heterocycles. The fourth-order valence-electron chi connectivity index (χ4n) is 2.00. The molecule has 0 fully saturated rings. The standard InChI is InChI=1S/C20H30N2O6/c1-3-18-5-4-6-19(17-18)22-20(23)21-7-8-25-11-12-27-15-16-28-14-13-26-10-9-24-2/h1,4-6,17H,7-16H2,2H3,(H2,21,22,23). The second-order valence-corrected chi connectivity index (χ2v) is 5.55. The molecule has 156 valence electrons. The van der Waals surface area contributed by atoms with Crippen LogP contribution in [0.25, 0.3) is 0 Å². The third kappa shape index (κ3) is 13.1. The minimum atomic E-state index is -0.308. The van der Waals surface area contributed by atoms with Crippen LogP contribution >= 0.6 is 0 Å². The highest BCUT2D eigenvalue weighted by molar-refractivity contribution is 5.89. The van der Waals surface area contributed by atoms with Crippen molar-refractivity contribution in [1.29, 1.82) is 0 Å². The summed E-state index contributed by atoms with van der Waals surface area (Å²) in [5.74, 6) is 2.52. The number of ether oxygens (including phenoxy) is 5. The Hall–Kier alpha value is -2.15. The number of anilines is 1. The lowest BCUT2D eigenvalue weighted by Gasteiger charge is -2.09.